The number of carbonyl (C=O) groups excluding carboxylic acids is 1. The Bertz CT molecular complexity index is 588. The van der Waals surface area contributed by atoms with Gasteiger partial charge in [0.05, 0.1) is 0 Å². The number of esters is 1. The number of nitrogens with zero attached hydrogens (tertiary/aromatic N) is 3. The molecule has 0 aliphatic carbocycles. The van der Waals surface area contributed by atoms with Gasteiger partial charge in [0.1, 0.15) is 0 Å². The molecule has 0 aliphatic rings. The highest BCUT2D eigenvalue weighted by Crippen LogP contribution is 2.29. The molecule has 0 amide bonds. The first-order valence-corrected chi connectivity index (χ1v) is 6.13. The van der Waals surface area contributed by atoms with Crippen molar-refractivity contribution in [1.29, 1.82) is 0 Å². The number of azide groups is 1. The van der Waals surface area contributed by atoms with Gasteiger partial charge in [-0.25, -0.2) is 13.2 Å². The first kappa shape index (κ1) is 17.7. The first-order valence-electron chi connectivity index (χ1n) is 6.13. The fourth-order valence-corrected chi connectivity index (χ4v) is 1.51. The van der Waals surface area contributed by atoms with Crippen molar-refractivity contribution in [3.8, 4) is 5.75 Å². The molecule has 0 radical (unpaired) electrons. The van der Waals surface area contributed by atoms with Crippen LogP contribution in [0.1, 0.15) is 25.7 Å². The number of benzene rings is 1. The van der Waals surface area contributed by atoms with Gasteiger partial charge >= 0.3 is 5.97 Å². The van der Waals surface area contributed by atoms with Crippen LogP contribution in [-0.4, -0.2) is 12.5 Å². The molecule has 0 fully saturated rings. The molecule has 5 nitrogen and oxygen atoms in total. The highest BCUT2D eigenvalue weighted by molar-refractivity contribution is 5.72. The monoisotopic (exact) mass is 323 g/mol. The average molecular weight is 323 g/mol. The topological polar surface area (TPSA) is 75.1 Å². The van der Waals surface area contributed by atoms with Gasteiger partial charge in [-0.05, 0) is 18.4 Å². The highest BCUT2D eigenvalue weighted by Gasteiger charge is 2.28. The molecular formula is C12H10F5N3O2. The largest absolute Gasteiger partial charge is 0.420 e. The maximum absolute atomic E-state index is 13.2. The van der Waals surface area contributed by atoms with E-state index in [1.807, 2.05) is 0 Å². The van der Waals surface area contributed by atoms with E-state index in [1.165, 1.54) is 0 Å². The molecule has 0 atom stereocenters. The van der Waals surface area contributed by atoms with Crippen LogP contribution in [0.3, 0.4) is 0 Å². The molecule has 1 aromatic carbocycles. The SMILES string of the molecule is [N-]=[N+]=NCCCCCC(=O)Oc1c(F)c(F)c(F)c(F)c1F. The molecule has 0 spiro atoms. The number of hydrogen-bond acceptors (Lipinski definition) is 3. The highest BCUT2D eigenvalue weighted by atomic mass is 19.2. The molecule has 0 saturated heterocycles. The normalized spacial score (nSPS) is 10.2. The van der Waals surface area contributed by atoms with Crippen LogP contribution >= 0.6 is 0 Å². The third-order valence-electron chi connectivity index (χ3n) is 2.59. The van der Waals surface area contributed by atoms with Crippen molar-refractivity contribution >= 4 is 5.97 Å². The molecule has 0 aromatic heterocycles. The smallest absolute Gasteiger partial charge is 0.311 e. The van der Waals surface area contributed by atoms with E-state index in [9.17, 15) is 26.7 Å². The van der Waals surface area contributed by atoms with E-state index in [0.717, 1.165) is 0 Å². The molecule has 0 bridgehead atoms. The third kappa shape index (κ3) is 4.32. The van der Waals surface area contributed by atoms with Gasteiger partial charge in [-0.3, -0.25) is 4.79 Å². The van der Waals surface area contributed by atoms with E-state index in [0.29, 0.717) is 12.8 Å². The van der Waals surface area contributed by atoms with Crippen molar-refractivity contribution in [2.24, 2.45) is 5.11 Å². The Balaban J connectivity index is 2.64. The second-order valence-corrected chi connectivity index (χ2v) is 4.14. The number of ether oxygens (including phenoxy) is 1. The zero-order valence-electron chi connectivity index (χ0n) is 11.1. The zero-order valence-corrected chi connectivity index (χ0v) is 11.1. The summed E-state index contributed by atoms with van der Waals surface area (Å²) in [6.45, 7) is 0.225. The van der Waals surface area contributed by atoms with Gasteiger partial charge < -0.3 is 4.74 Å². The van der Waals surface area contributed by atoms with Gasteiger partial charge in [-0.15, -0.1) is 0 Å². The quantitative estimate of drug-likeness (QED) is 0.0869. The summed E-state index contributed by atoms with van der Waals surface area (Å²) >= 11 is 0. The molecule has 0 unspecified atom stereocenters. The number of hydrogen-bond donors (Lipinski definition) is 0. The molecule has 0 saturated carbocycles. The predicted octanol–water partition coefficient (Wildman–Crippen LogP) is 4.16. The van der Waals surface area contributed by atoms with Crippen molar-refractivity contribution in [3.05, 3.63) is 39.5 Å². The summed E-state index contributed by atoms with van der Waals surface area (Å²) < 4.78 is 69.2. The van der Waals surface area contributed by atoms with Crippen LogP contribution in [0.15, 0.2) is 5.11 Å². The summed E-state index contributed by atoms with van der Waals surface area (Å²) in [6, 6.07) is 0. The van der Waals surface area contributed by atoms with Crippen LogP contribution in [0.2, 0.25) is 0 Å². The summed E-state index contributed by atoms with van der Waals surface area (Å²) in [6.07, 6.45) is 0.913. The van der Waals surface area contributed by atoms with Crippen molar-refractivity contribution in [2.45, 2.75) is 25.7 Å². The van der Waals surface area contributed by atoms with Gasteiger partial charge in [0.15, 0.2) is 0 Å². The van der Waals surface area contributed by atoms with Crippen molar-refractivity contribution in [3.63, 3.8) is 0 Å². The summed E-state index contributed by atoms with van der Waals surface area (Å²) in [5.74, 6) is -13.8. The lowest BCUT2D eigenvalue weighted by Crippen LogP contribution is -2.13. The van der Waals surface area contributed by atoms with Crippen LogP contribution in [-0.2, 0) is 4.79 Å². The number of unbranched alkanes of at least 4 members (excludes halogenated alkanes) is 2. The summed E-state index contributed by atoms with van der Waals surface area (Å²) in [4.78, 5) is 13.9. The fourth-order valence-electron chi connectivity index (χ4n) is 1.51. The molecular weight excluding hydrogens is 313 g/mol. The van der Waals surface area contributed by atoms with E-state index < -0.39 is 40.8 Å². The zero-order chi connectivity index (χ0) is 16.7. The lowest BCUT2D eigenvalue weighted by molar-refractivity contribution is -0.135. The summed E-state index contributed by atoms with van der Waals surface area (Å²) in [5, 5.41) is 3.25. The van der Waals surface area contributed by atoms with Crippen molar-refractivity contribution in [2.75, 3.05) is 6.54 Å². The third-order valence-corrected chi connectivity index (χ3v) is 2.59. The molecule has 0 N–H and O–H groups in total. The molecule has 120 valence electrons. The van der Waals surface area contributed by atoms with E-state index in [4.69, 9.17) is 5.53 Å². The lowest BCUT2D eigenvalue weighted by atomic mass is 10.2. The maximum Gasteiger partial charge on any atom is 0.311 e. The van der Waals surface area contributed by atoms with Gasteiger partial charge in [-0.1, -0.05) is 11.5 Å². The minimum atomic E-state index is -2.33. The van der Waals surface area contributed by atoms with Gasteiger partial charge in [0.25, 0.3) is 0 Å². The minimum Gasteiger partial charge on any atom is -0.420 e. The van der Waals surface area contributed by atoms with E-state index in [2.05, 4.69) is 14.8 Å². The minimum absolute atomic E-state index is 0.225. The first-order chi connectivity index (χ1) is 10.4. The van der Waals surface area contributed by atoms with E-state index in [-0.39, 0.29) is 19.4 Å². The maximum atomic E-state index is 13.2. The number of carbonyl (C=O) groups is 1. The van der Waals surface area contributed by atoms with Crippen molar-refractivity contribution in [1.82, 2.24) is 0 Å². The average Bonchev–Trinajstić information content (AvgIpc) is 2.51. The molecule has 1 rings (SSSR count). The van der Waals surface area contributed by atoms with Crippen LogP contribution in [0.4, 0.5) is 22.0 Å². The van der Waals surface area contributed by atoms with E-state index in [1.54, 1.807) is 0 Å². The summed E-state index contributed by atoms with van der Waals surface area (Å²) in [5.41, 5.74) is 8.02. The molecule has 0 aliphatic heterocycles. The van der Waals surface area contributed by atoms with Crippen LogP contribution in [0.5, 0.6) is 5.75 Å². The Labute approximate surface area is 121 Å². The van der Waals surface area contributed by atoms with Gasteiger partial charge in [0.2, 0.25) is 34.8 Å². The Hall–Kier alpha value is -2.35. The van der Waals surface area contributed by atoms with Crippen LogP contribution < -0.4 is 4.74 Å². The molecule has 10 heteroatoms. The Morgan fingerprint density at radius 2 is 1.50 bits per heavy atom. The number of rotatable bonds is 7. The number of halogens is 5. The second kappa shape index (κ2) is 8.18. The Morgan fingerprint density at radius 1 is 0.955 bits per heavy atom. The van der Waals surface area contributed by atoms with Crippen molar-refractivity contribution < 1.29 is 31.5 Å². The second-order valence-electron chi connectivity index (χ2n) is 4.14. The standard InChI is InChI=1S/C12H10F5N3O2/c13-7-8(14)10(16)12(11(17)9(7)15)22-6(21)4-2-1-3-5-19-20-18/h1-5H2. The van der Waals surface area contributed by atoms with Gasteiger partial charge in [-0.2, -0.15) is 8.78 Å². The Morgan fingerprint density at radius 3 is 2.05 bits per heavy atom. The van der Waals surface area contributed by atoms with Gasteiger partial charge in [0, 0.05) is 17.9 Å². The fraction of sp³-hybridized carbons (Fsp3) is 0.417. The van der Waals surface area contributed by atoms with E-state index >= 15 is 0 Å². The van der Waals surface area contributed by atoms with Crippen LogP contribution in [0.25, 0.3) is 10.4 Å². The Kier molecular flexibility index (Phi) is 6.58. The lowest BCUT2D eigenvalue weighted by Gasteiger charge is -2.08. The molecule has 0 heterocycles. The summed E-state index contributed by atoms with van der Waals surface area (Å²) in [7, 11) is 0. The predicted molar refractivity (Wildman–Crippen MR) is 64.3 cm³/mol. The molecule has 22 heavy (non-hydrogen) atoms. The molecule has 1 aromatic rings. The van der Waals surface area contributed by atoms with Crippen LogP contribution in [0, 0.1) is 29.1 Å².